The van der Waals surface area contributed by atoms with Gasteiger partial charge < -0.3 is 15.0 Å². The Balaban J connectivity index is 1.96. The number of halogens is 3. The molecule has 202 valence electrons. The number of ether oxygens (including phenoxy) is 1. The number of aryl methyl sites for hydroxylation is 2. The predicted molar refractivity (Wildman–Crippen MR) is 155 cm³/mol. The molecule has 0 aliphatic heterocycles. The lowest BCUT2D eigenvalue weighted by Crippen LogP contribution is -2.53. The van der Waals surface area contributed by atoms with Crippen LogP contribution in [0.5, 0.6) is 5.75 Å². The average molecular weight is 576 g/mol. The molecule has 5 nitrogen and oxygen atoms in total. The zero-order valence-electron chi connectivity index (χ0n) is 22.1. The fraction of sp³-hybridized carbons (Fsp3) is 0.333. The molecule has 3 rings (SSSR count). The Morgan fingerprint density at radius 3 is 2.24 bits per heavy atom. The van der Waals surface area contributed by atoms with E-state index in [-0.39, 0.29) is 31.0 Å². The van der Waals surface area contributed by atoms with E-state index in [4.69, 9.17) is 39.5 Å². The molecule has 3 aromatic rings. The van der Waals surface area contributed by atoms with Crippen molar-refractivity contribution in [3.8, 4) is 5.75 Å². The van der Waals surface area contributed by atoms with Gasteiger partial charge in [-0.3, -0.25) is 9.59 Å². The number of hydrogen-bond donors (Lipinski definition) is 1. The van der Waals surface area contributed by atoms with Crippen molar-refractivity contribution in [3.05, 3.63) is 98.0 Å². The van der Waals surface area contributed by atoms with Crippen LogP contribution in [0.15, 0.2) is 60.7 Å². The Bertz CT molecular complexity index is 1240. The molecular formula is C30H33Cl3N2O3. The van der Waals surface area contributed by atoms with Crippen LogP contribution >= 0.6 is 34.8 Å². The van der Waals surface area contributed by atoms with E-state index in [1.165, 1.54) is 4.90 Å². The molecule has 0 fully saturated rings. The van der Waals surface area contributed by atoms with Gasteiger partial charge in [-0.15, -0.1) is 0 Å². The first kappa shape index (κ1) is 29.8. The number of carbonyl (C=O) groups excluding carboxylic acids is 2. The molecule has 0 unspecified atom stereocenters. The van der Waals surface area contributed by atoms with Gasteiger partial charge in [-0.2, -0.15) is 0 Å². The largest absolute Gasteiger partial charge is 0.484 e. The number of hydrogen-bond acceptors (Lipinski definition) is 3. The van der Waals surface area contributed by atoms with Gasteiger partial charge in [0, 0.05) is 34.1 Å². The van der Waals surface area contributed by atoms with Crippen molar-refractivity contribution >= 4 is 46.6 Å². The van der Waals surface area contributed by atoms with Crippen molar-refractivity contribution < 1.29 is 14.3 Å². The summed E-state index contributed by atoms with van der Waals surface area (Å²) in [6.07, 6.45) is 1.10. The summed E-state index contributed by atoms with van der Waals surface area (Å²) < 4.78 is 5.90. The van der Waals surface area contributed by atoms with Gasteiger partial charge in [-0.1, -0.05) is 78.1 Å². The third-order valence-electron chi connectivity index (χ3n) is 6.40. The van der Waals surface area contributed by atoms with Crippen molar-refractivity contribution in [3.63, 3.8) is 0 Å². The van der Waals surface area contributed by atoms with Gasteiger partial charge in [-0.05, 0) is 73.7 Å². The Morgan fingerprint density at radius 2 is 1.63 bits per heavy atom. The summed E-state index contributed by atoms with van der Waals surface area (Å²) in [6, 6.07) is 17.5. The van der Waals surface area contributed by atoms with E-state index in [9.17, 15) is 9.59 Å². The first-order valence-electron chi connectivity index (χ1n) is 12.6. The van der Waals surface area contributed by atoms with Gasteiger partial charge in [-0.25, -0.2) is 0 Å². The Hall–Kier alpha value is -2.73. The minimum atomic E-state index is -0.789. The maximum absolute atomic E-state index is 13.8. The Morgan fingerprint density at radius 1 is 0.974 bits per heavy atom. The van der Waals surface area contributed by atoms with Gasteiger partial charge in [0.05, 0.1) is 0 Å². The summed E-state index contributed by atoms with van der Waals surface area (Å²) in [5, 5.41) is 4.61. The normalized spacial score (nSPS) is 12.5. The monoisotopic (exact) mass is 574 g/mol. The second-order valence-corrected chi connectivity index (χ2v) is 10.7. The number of amides is 2. The molecule has 0 spiro atoms. The summed E-state index contributed by atoms with van der Waals surface area (Å²) in [4.78, 5) is 28.9. The van der Waals surface area contributed by atoms with E-state index < -0.39 is 6.04 Å². The van der Waals surface area contributed by atoms with Crippen molar-refractivity contribution in [2.24, 2.45) is 0 Å². The number of nitrogens with zero attached hydrogens (tertiary/aromatic N) is 1. The molecule has 1 N–H and O–H groups in total. The molecule has 3 aromatic carbocycles. The predicted octanol–water partition coefficient (Wildman–Crippen LogP) is 7.20. The maximum Gasteiger partial charge on any atom is 0.261 e. The quantitative estimate of drug-likeness (QED) is 0.263. The third kappa shape index (κ3) is 8.13. The average Bonchev–Trinajstić information content (AvgIpc) is 2.89. The fourth-order valence-electron chi connectivity index (χ4n) is 4.05. The van der Waals surface area contributed by atoms with Crippen LogP contribution in [0, 0.1) is 13.8 Å². The smallest absolute Gasteiger partial charge is 0.261 e. The van der Waals surface area contributed by atoms with Crippen molar-refractivity contribution in [1.29, 1.82) is 0 Å². The highest BCUT2D eigenvalue weighted by molar-refractivity contribution is 6.35. The summed E-state index contributed by atoms with van der Waals surface area (Å²) in [6.45, 7) is 7.56. The van der Waals surface area contributed by atoms with Gasteiger partial charge in [0.1, 0.15) is 11.8 Å². The molecule has 0 aliphatic carbocycles. The molecule has 0 saturated heterocycles. The van der Waals surface area contributed by atoms with Crippen molar-refractivity contribution in [2.75, 3.05) is 6.61 Å². The highest BCUT2D eigenvalue weighted by Gasteiger charge is 2.31. The van der Waals surface area contributed by atoms with Crippen LogP contribution in [0.2, 0.25) is 15.1 Å². The van der Waals surface area contributed by atoms with Crippen LogP contribution in [0.25, 0.3) is 0 Å². The zero-order valence-corrected chi connectivity index (χ0v) is 24.3. The molecule has 2 amide bonds. The molecule has 0 aliphatic rings. The number of carbonyl (C=O) groups is 2. The second-order valence-electron chi connectivity index (χ2n) is 9.44. The lowest BCUT2D eigenvalue weighted by atomic mass is 10.0. The molecule has 0 heterocycles. The minimum Gasteiger partial charge on any atom is -0.484 e. The minimum absolute atomic E-state index is 0.0480. The standard InChI is InChI=1S/C30H33Cl3N2O3/c1-5-21(4)34-30(37)27(15-22-9-7-6-8-10-22)35(17-23-11-12-24(31)16-26(23)32)28(36)18-38-25-13-19(2)29(33)20(3)14-25/h6-14,16,21,27H,5,15,17-18H2,1-4H3,(H,34,37)/t21-,27+/m1/s1. The van der Waals surface area contributed by atoms with Crippen LogP contribution in [0.3, 0.4) is 0 Å². The van der Waals surface area contributed by atoms with Gasteiger partial charge in [0.25, 0.3) is 5.91 Å². The fourth-order valence-corrected chi connectivity index (χ4v) is 4.62. The van der Waals surface area contributed by atoms with E-state index in [1.807, 2.05) is 58.0 Å². The first-order valence-corrected chi connectivity index (χ1v) is 13.7. The Labute approximate surface area is 240 Å². The van der Waals surface area contributed by atoms with E-state index in [1.54, 1.807) is 30.3 Å². The summed E-state index contributed by atoms with van der Waals surface area (Å²) in [5.74, 6) is -0.0489. The van der Waals surface area contributed by atoms with E-state index >= 15 is 0 Å². The molecule has 0 aromatic heterocycles. The van der Waals surface area contributed by atoms with E-state index in [0.29, 0.717) is 32.8 Å². The topological polar surface area (TPSA) is 58.6 Å². The van der Waals surface area contributed by atoms with Crippen LogP contribution in [-0.2, 0) is 22.6 Å². The summed E-state index contributed by atoms with van der Waals surface area (Å²) >= 11 is 18.9. The molecule has 2 atom stereocenters. The molecule has 0 bridgehead atoms. The van der Waals surface area contributed by atoms with E-state index in [0.717, 1.165) is 23.1 Å². The SMILES string of the molecule is CC[C@@H](C)NC(=O)[C@H](Cc1ccccc1)N(Cc1ccc(Cl)cc1Cl)C(=O)COc1cc(C)c(Cl)c(C)c1. The molecule has 38 heavy (non-hydrogen) atoms. The lowest BCUT2D eigenvalue weighted by Gasteiger charge is -2.32. The number of rotatable bonds is 11. The number of benzene rings is 3. The van der Waals surface area contributed by atoms with E-state index in [2.05, 4.69) is 5.32 Å². The van der Waals surface area contributed by atoms with Gasteiger partial charge >= 0.3 is 0 Å². The molecule has 0 radical (unpaired) electrons. The van der Waals surface area contributed by atoms with Crippen LogP contribution in [0.1, 0.15) is 42.5 Å². The number of nitrogens with one attached hydrogen (secondary N) is 1. The van der Waals surface area contributed by atoms with Crippen LogP contribution in [-0.4, -0.2) is 35.4 Å². The highest BCUT2D eigenvalue weighted by Crippen LogP contribution is 2.27. The van der Waals surface area contributed by atoms with Crippen molar-refractivity contribution in [1.82, 2.24) is 10.2 Å². The van der Waals surface area contributed by atoms with Gasteiger partial charge in [0.15, 0.2) is 6.61 Å². The molecular weight excluding hydrogens is 543 g/mol. The lowest BCUT2D eigenvalue weighted by molar-refractivity contribution is -0.143. The highest BCUT2D eigenvalue weighted by atomic mass is 35.5. The molecule has 0 saturated carbocycles. The summed E-state index contributed by atoms with van der Waals surface area (Å²) in [5.41, 5.74) is 3.32. The second kappa shape index (κ2) is 13.9. The third-order valence-corrected chi connectivity index (χ3v) is 7.58. The first-order chi connectivity index (χ1) is 18.1. The van der Waals surface area contributed by atoms with Crippen LogP contribution < -0.4 is 10.1 Å². The maximum atomic E-state index is 13.8. The molecule has 8 heteroatoms. The van der Waals surface area contributed by atoms with Crippen molar-refractivity contribution in [2.45, 2.75) is 59.2 Å². The Kier molecular flexibility index (Phi) is 10.9. The summed E-state index contributed by atoms with van der Waals surface area (Å²) in [7, 11) is 0. The van der Waals surface area contributed by atoms with Crippen LogP contribution in [0.4, 0.5) is 0 Å². The van der Waals surface area contributed by atoms with Gasteiger partial charge in [0.2, 0.25) is 5.91 Å². The zero-order chi connectivity index (χ0) is 27.8.